The lowest BCUT2D eigenvalue weighted by Crippen LogP contribution is -2.44. The number of esters is 1. The summed E-state index contributed by atoms with van der Waals surface area (Å²) < 4.78 is 4.95. The summed E-state index contributed by atoms with van der Waals surface area (Å²) in [5, 5.41) is 2.52. The van der Waals surface area contributed by atoms with E-state index in [1.807, 2.05) is 0 Å². The van der Waals surface area contributed by atoms with E-state index in [1.54, 1.807) is 11.8 Å². The summed E-state index contributed by atoms with van der Waals surface area (Å²) in [7, 11) is 0. The average molecular weight is 226 g/mol. The van der Waals surface area contributed by atoms with Gasteiger partial charge < -0.3 is 15.0 Å². The van der Waals surface area contributed by atoms with Crippen molar-refractivity contribution in [2.45, 2.75) is 19.8 Å². The smallest absolute Gasteiger partial charge is 0.321 e. The molecule has 0 aromatic heterocycles. The first-order valence-electron chi connectivity index (χ1n) is 5.52. The van der Waals surface area contributed by atoms with Gasteiger partial charge in [0, 0.05) is 13.1 Å². The van der Waals surface area contributed by atoms with Crippen LogP contribution in [-0.2, 0) is 9.53 Å². The fraction of sp³-hybridized carbons (Fsp3) is 0.636. The molecule has 0 unspecified atom stereocenters. The number of nitrogens with zero attached hydrogens (tertiary/aromatic N) is 1. The van der Waals surface area contributed by atoms with E-state index in [9.17, 15) is 9.59 Å². The molecule has 0 atom stereocenters. The zero-order valence-corrected chi connectivity index (χ0v) is 9.57. The highest BCUT2D eigenvalue weighted by Gasteiger charge is 2.27. The van der Waals surface area contributed by atoms with Crippen molar-refractivity contribution in [3.05, 3.63) is 12.8 Å². The van der Waals surface area contributed by atoms with Gasteiger partial charge in [-0.1, -0.05) is 6.58 Å². The summed E-state index contributed by atoms with van der Waals surface area (Å²) >= 11 is 0. The summed E-state index contributed by atoms with van der Waals surface area (Å²) in [4.78, 5) is 24.5. The Morgan fingerprint density at radius 2 is 2.12 bits per heavy atom. The number of nitrogens with one attached hydrogen (secondary N) is 1. The normalized spacial score (nSPS) is 16.7. The Bertz CT molecular complexity index is 270. The molecule has 90 valence electrons. The molecule has 1 heterocycles. The van der Waals surface area contributed by atoms with Gasteiger partial charge >= 0.3 is 12.0 Å². The molecule has 1 saturated heterocycles. The highest BCUT2D eigenvalue weighted by molar-refractivity contribution is 5.76. The van der Waals surface area contributed by atoms with Crippen LogP contribution in [0.4, 0.5) is 4.79 Å². The molecule has 1 fully saturated rings. The molecule has 5 heteroatoms. The molecule has 0 aliphatic carbocycles. The predicted molar refractivity (Wildman–Crippen MR) is 59.7 cm³/mol. The molecule has 0 spiro atoms. The zero-order chi connectivity index (χ0) is 12.0. The molecule has 0 radical (unpaired) electrons. The minimum absolute atomic E-state index is 0.0623. The van der Waals surface area contributed by atoms with E-state index in [4.69, 9.17) is 4.74 Å². The van der Waals surface area contributed by atoms with Crippen molar-refractivity contribution in [1.82, 2.24) is 10.2 Å². The van der Waals surface area contributed by atoms with Gasteiger partial charge in [0.05, 0.1) is 12.5 Å². The van der Waals surface area contributed by atoms with Crippen molar-refractivity contribution in [2.75, 3.05) is 19.7 Å². The molecule has 0 aromatic carbocycles. The molecule has 1 aliphatic rings. The van der Waals surface area contributed by atoms with E-state index >= 15 is 0 Å². The van der Waals surface area contributed by atoms with Crippen LogP contribution in [-0.4, -0.2) is 36.6 Å². The predicted octanol–water partition coefficient (Wildman–Crippen LogP) is 1.11. The van der Waals surface area contributed by atoms with Crippen molar-refractivity contribution < 1.29 is 14.3 Å². The highest BCUT2D eigenvalue weighted by atomic mass is 16.5. The van der Waals surface area contributed by atoms with Crippen LogP contribution in [0.3, 0.4) is 0 Å². The SMILES string of the molecule is C=CNC(=O)N1CCC(C(=O)OCC)CC1. The summed E-state index contributed by atoms with van der Waals surface area (Å²) in [5.41, 5.74) is 0. The maximum absolute atomic E-state index is 11.4. The van der Waals surface area contributed by atoms with Gasteiger partial charge in [0.15, 0.2) is 0 Å². The fourth-order valence-electron chi connectivity index (χ4n) is 1.76. The third-order valence-electron chi connectivity index (χ3n) is 2.63. The van der Waals surface area contributed by atoms with Gasteiger partial charge in [0.2, 0.25) is 0 Å². The van der Waals surface area contributed by atoms with E-state index in [2.05, 4.69) is 11.9 Å². The van der Waals surface area contributed by atoms with Crippen molar-refractivity contribution >= 4 is 12.0 Å². The van der Waals surface area contributed by atoms with Crippen LogP contribution in [0.2, 0.25) is 0 Å². The maximum atomic E-state index is 11.4. The minimum atomic E-state index is -0.155. The molecular weight excluding hydrogens is 208 g/mol. The third-order valence-corrected chi connectivity index (χ3v) is 2.63. The third kappa shape index (κ3) is 3.25. The summed E-state index contributed by atoms with van der Waals surface area (Å²) in [6.07, 6.45) is 2.70. The Morgan fingerprint density at radius 3 is 2.62 bits per heavy atom. The van der Waals surface area contributed by atoms with Crippen LogP contribution in [0.25, 0.3) is 0 Å². The molecule has 0 bridgehead atoms. The molecule has 16 heavy (non-hydrogen) atoms. The largest absolute Gasteiger partial charge is 0.466 e. The van der Waals surface area contributed by atoms with E-state index in [0.717, 1.165) is 0 Å². The standard InChI is InChI=1S/C11H18N2O3/c1-3-12-11(15)13-7-5-9(6-8-13)10(14)16-4-2/h3,9H,1,4-8H2,2H3,(H,12,15). The second kappa shape index (κ2) is 6.15. The number of ether oxygens (including phenoxy) is 1. The van der Waals surface area contributed by atoms with Gasteiger partial charge in [-0.05, 0) is 26.0 Å². The Hall–Kier alpha value is -1.52. The van der Waals surface area contributed by atoms with Crippen LogP contribution in [0, 0.1) is 5.92 Å². The van der Waals surface area contributed by atoms with Gasteiger partial charge in [-0.3, -0.25) is 4.79 Å². The second-order valence-electron chi connectivity index (χ2n) is 3.67. The van der Waals surface area contributed by atoms with Crippen molar-refractivity contribution in [3.63, 3.8) is 0 Å². The van der Waals surface area contributed by atoms with Gasteiger partial charge in [0.25, 0.3) is 0 Å². The Balaban J connectivity index is 2.36. The molecule has 1 N–H and O–H groups in total. The van der Waals surface area contributed by atoms with Crippen molar-refractivity contribution in [1.29, 1.82) is 0 Å². The summed E-state index contributed by atoms with van der Waals surface area (Å²) in [5.74, 6) is -0.209. The second-order valence-corrected chi connectivity index (χ2v) is 3.67. The number of hydrogen-bond acceptors (Lipinski definition) is 3. The number of likely N-dealkylation sites (tertiary alicyclic amines) is 1. The van der Waals surface area contributed by atoms with Crippen LogP contribution in [0.15, 0.2) is 12.8 Å². The van der Waals surface area contributed by atoms with Gasteiger partial charge in [-0.15, -0.1) is 0 Å². The quantitative estimate of drug-likeness (QED) is 0.733. The lowest BCUT2D eigenvalue weighted by molar-refractivity contribution is -0.149. The van der Waals surface area contributed by atoms with E-state index < -0.39 is 0 Å². The molecule has 1 aliphatic heterocycles. The molecule has 5 nitrogen and oxygen atoms in total. The number of hydrogen-bond donors (Lipinski definition) is 1. The number of rotatable bonds is 3. The first-order chi connectivity index (χ1) is 7.69. The van der Waals surface area contributed by atoms with Crippen LogP contribution < -0.4 is 5.32 Å². The topological polar surface area (TPSA) is 58.6 Å². The molecule has 0 saturated carbocycles. The Labute approximate surface area is 95.4 Å². The lowest BCUT2D eigenvalue weighted by atomic mass is 9.97. The fourth-order valence-corrected chi connectivity index (χ4v) is 1.76. The first-order valence-corrected chi connectivity index (χ1v) is 5.52. The number of urea groups is 1. The van der Waals surface area contributed by atoms with Crippen LogP contribution >= 0.6 is 0 Å². The van der Waals surface area contributed by atoms with Crippen LogP contribution in [0.1, 0.15) is 19.8 Å². The van der Waals surface area contributed by atoms with E-state index in [0.29, 0.717) is 32.5 Å². The number of carbonyl (C=O) groups is 2. The summed E-state index contributed by atoms with van der Waals surface area (Å²) in [6.45, 7) is 6.81. The Morgan fingerprint density at radius 1 is 1.50 bits per heavy atom. The molecular formula is C11H18N2O3. The van der Waals surface area contributed by atoms with E-state index in [-0.39, 0.29) is 17.9 Å². The maximum Gasteiger partial charge on any atom is 0.321 e. The lowest BCUT2D eigenvalue weighted by Gasteiger charge is -2.30. The van der Waals surface area contributed by atoms with Crippen molar-refractivity contribution in [2.24, 2.45) is 5.92 Å². The average Bonchev–Trinajstić information content (AvgIpc) is 2.30. The van der Waals surface area contributed by atoms with Crippen LogP contribution in [0.5, 0.6) is 0 Å². The first kappa shape index (κ1) is 12.5. The molecule has 2 amide bonds. The number of amides is 2. The highest BCUT2D eigenvalue weighted by Crippen LogP contribution is 2.18. The van der Waals surface area contributed by atoms with Crippen molar-refractivity contribution in [3.8, 4) is 0 Å². The number of piperidine rings is 1. The van der Waals surface area contributed by atoms with Gasteiger partial charge in [-0.25, -0.2) is 4.79 Å². The number of carbonyl (C=O) groups excluding carboxylic acids is 2. The van der Waals surface area contributed by atoms with Gasteiger partial charge in [0.1, 0.15) is 0 Å². The molecule has 0 aromatic rings. The zero-order valence-electron chi connectivity index (χ0n) is 9.57. The molecule has 1 rings (SSSR count). The van der Waals surface area contributed by atoms with Gasteiger partial charge in [-0.2, -0.15) is 0 Å². The monoisotopic (exact) mass is 226 g/mol. The minimum Gasteiger partial charge on any atom is -0.466 e. The summed E-state index contributed by atoms with van der Waals surface area (Å²) in [6, 6.07) is -0.155. The Kier molecular flexibility index (Phi) is 4.82. The van der Waals surface area contributed by atoms with E-state index in [1.165, 1.54) is 6.20 Å².